The van der Waals surface area contributed by atoms with E-state index in [0.29, 0.717) is 46.6 Å². The Hall–Kier alpha value is -4.62. The summed E-state index contributed by atoms with van der Waals surface area (Å²) >= 11 is 6.34. The maximum absolute atomic E-state index is 13.6. The molecule has 2 aromatic heterocycles. The normalized spacial score (nSPS) is 11.3. The number of carbonyl (C=O) groups excluding carboxylic acids is 1. The van der Waals surface area contributed by atoms with E-state index >= 15 is 0 Å². The van der Waals surface area contributed by atoms with Crippen LogP contribution in [0.1, 0.15) is 17.5 Å². The van der Waals surface area contributed by atoms with E-state index < -0.39 is 17.8 Å². The maximum Gasteiger partial charge on any atom is 0.416 e. The number of amides is 2. The van der Waals surface area contributed by atoms with Crippen LogP contribution < -0.4 is 25.6 Å². The largest absolute Gasteiger partial charge is 0.438 e. The van der Waals surface area contributed by atoms with Gasteiger partial charge in [0.15, 0.2) is 0 Å². The third-order valence-electron chi connectivity index (χ3n) is 6.69. The van der Waals surface area contributed by atoms with Crippen LogP contribution in [-0.4, -0.2) is 67.2 Å². The Morgan fingerprint density at radius 2 is 1.78 bits per heavy atom. The van der Waals surface area contributed by atoms with Gasteiger partial charge in [-0.1, -0.05) is 11.6 Å². The number of benzene rings is 2. The van der Waals surface area contributed by atoms with Gasteiger partial charge in [-0.05, 0) is 88.1 Å². The summed E-state index contributed by atoms with van der Waals surface area (Å²) < 4.78 is 47.0. The molecule has 10 nitrogen and oxygen atoms in total. The topological polar surface area (TPSA) is 108 Å². The van der Waals surface area contributed by atoms with Crippen LogP contribution in [0.2, 0.25) is 5.02 Å². The van der Waals surface area contributed by atoms with Crippen LogP contribution in [0.15, 0.2) is 60.9 Å². The average Bonchev–Trinajstić information content (AvgIpc) is 2.98. The molecule has 2 aromatic carbocycles. The van der Waals surface area contributed by atoms with Crippen LogP contribution in [-0.2, 0) is 6.18 Å². The number of carbonyl (C=O) groups is 1. The Kier molecular flexibility index (Phi) is 10.7. The second-order valence-electron chi connectivity index (χ2n) is 10.5. The SMILES string of the molecule is CNc1nccc(-c2cccnc2Oc2ccc(NC(=O)Nc3cc(C(F)(F)F)cc(Cl)c3N(C)CCCN(C)C)cc2C)n1. The third-order valence-corrected chi connectivity index (χ3v) is 6.97. The molecule has 0 atom stereocenters. The second-order valence-corrected chi connectivity index (χ2v) is 10.9. The number of aromatic nitrogens is 3. The number of hydrogen-bond acceptors (Lipinski definition) is 8. The van der Waals surface area contributed by atoms with Gasteiger partial charge in [-0.25, -0.2) is 19.7 Å². The van der Waals surface area contributed by atoms with E-state index in [9.17, 15) is 18.0 Å². The number of alkyl halides is 3. The molecule has 0 spiro atoms. The number of nitrogens with one attached hydrogen (secondary N) is 3. The number of aryl methyl sites for hydroxylation is 1. The minimum atomic E-state index is -4.65. The minimum absolute atomic E-state index is 0.0646. The molecule has 14 heteroatoms. The molecule has 238 valence electrons. The molecule has 2 amide bonds. The van der Waals surface area contributed by atoms with Crippen LogP contribution in [0.5, 0.6) is 11.6 Å². The fraction of sp³-hybridized carbons (Fsp3) is 0.290. The number of rotatable bonds is 11. The lowest BCUT2D eigenvalue weighted by atomic mass is 10.1. The number of pyridine rings is 1. The van der Waals surface area contributed by atoms with Crippen molar-refractivity contribution in [1.82, 2.24) is 19.9 Å². The van der Waals surface area contributed by atoms with Gasteiger partial charge in [0.1, 0.15) is 5.75 Å². The summed E-state index contributed by atoms with van der Waals surface area (Å²) in [5.41, 5.74) is 1.59. The molecule has 0 unspecified atom stereocenters. The highest BCUT2D eigenvalue weighted by molar-refractivity contribution is 6.34. The Balaban J connectivity index is 1.53. The minimum Gasteiger partial charge on any atom is -0.438 e. The van der Waals surface area contributed by atoms with Crippen LogP contribution in [0, 0.1) is 6.92 Å². The summed E-state index contributed by atoms with van der Waals surface area (Å²) in [6.07, 6.45) is -0.693. The highest BCUT2D eigenvalue weighted by atomic mass is 35.5. The van der Waals surface area contributed by atoms with Crippen molar-refractivity contribution in [3.63, 3.8) is 0 Å². The zero-order valence-corrected chi connectivity index (χ0v) is 26.2. The fourth-order valence-corrected chi connectivity index (χ4v) is 4.87. The Labute approximate surface area is 264 Å². The summed E-state index contributed by atoms with van der Waals surface area (Å²) in [6.45, 7) is 3.06. The van der Waals surface area contributed by atoms with Gasteiger partial charge in [-0.3, -0.25) is 0 Å². The Bertz CT molecular complexity index is 1650. The number of halogens is 4. The zero-order chi connectivity index (χ0) is 32.7. The summed E-state index contributed by atoms with van der Waals surface area (Å²) in [4.78, 5) is 29.7. The first-order valence-corrected chi connectivity index (χ1v) is 14.3. The Morgan fingerprint density at radius 1 is 1.00 bits per heavy atom. The van der Waals surface area contributed by atoms with Crippen molar-refractivity contribution in [2.24, 2.45) is 0 Å². The van der Waals surface area contributed by atoms with Crippen LogP contribution in [0.3, 0.4) is 0 Å². The van der Waals surface area contributed by atoms with E-state index in [4.69, 9.17) is 16.3 Å². The monoisotopic (exact) mass is 642 g/mol. The molecule has 4 aromatic rings. The summed E-state index contributed by atoms with van der Waals surface area (Å²) in [7, 11) is 7.29. The first-order chi connectivity index (χ1) is 21.3. The van der Waals surface area contributed by atoms with E-state index in [1.807, 2.05) is 25.1 Å². The number of anilines is 4. The summed E-state index contributed by atoms with van der Waals surface area (Å²) in [6, 6.07) is 11.3. The van der Waals surface area contributed by atoms with Gasteiger partial charge >= 0.3 is 12.2 Å². The molecular weight excluding hydrogens is 609 g/mol. The van der Waals surface area contributed by atoms with Gasteiger partial charge in [0.25, 0.3) is 0 Å². The number of nitrogens with zero attached hydrogens (tertiary/aromatic N) is 5. The summed E-state index contributed by atoms with van der Waals surface area (Å²) in [5.74, 6) is 1.25. The highest BCUT2D eigenvalue weighted by Gasteiger charge is 2.33. The quantitative estimate of drug-likeness (QED) is 0.156. The molecule has 0 saturated heterocycles. The molecular formula is C31H34ClF3N8O2. The molecule has 0 aliphatic heterocycles. The fourth-order valence-electron chi connectivity index (χ4n) is 4.51. The van der Waals surface area contributed by atoms with Crippen molar-refractivity contribution < 1.29 is 22.7 Å². The standard InChI is InChI=1S/C31H34ClF3N8O2/c1-19-16-21(9-10-26(19)45-28-22(8-6-12-37-28)24-11-13-38-29(36-2)40-24)39-30(44)41-25-18-20(31(33,34)35)17-23(32)27(25)43(5)15-7-14-42(3)4/h6,8-13,16-18H,7,14-15H2,1-5H3,(H,36,38,40)(H2,39,41,44). The van der Waals surface area contributed by atoms with Gasteiger partial charge in [-0.2, -0.15) is 13.2 Å². The highest BCUT2D eigenvalue weighted by Crippen LogP contribution is 2.41. The van der Waals surface area contributed by atoms with Gasteiger partial charge in [0, 0.05) is 38.7 Å². The van der Waals surface area contributed by atoms with Crippen LogP contribution in [0.25, 0.3) is 11.3 Å². The Morgan fingerprint density at radius 3 is 2.47 bits per heavy atom. The predicted octanol–water partition coefficient (Wildman–Crippen LogP) is 7.39. The lowest BCUT2D eigenvalue weighted by molar-refractivity contribution is -0.137. The van der Waals surface area contributed by atoms with E-state index in [1.165, 1.54) is 0 Å². The second kappa shape index (κ2) is 14.4. The maximum atomic E-state index is 13.6. The van der Waals surface area contributed by atoms with E-state index in [0.717, 1.165) is 25.1 Å². The van der Waals surface area contributed by atoms with E-state index in [-0.39, 0.29) is 16.4 Å². The van der Waals surface area contributed by atoms with Gasteiger partial charge in [0.2, 0.25) is 11.8 Å². The van der Waals surface area contributed by atoms with Crippen LogP contribution in [0.4, 0.5) is 41.0 Å². The van der Waals surface area contributed by atoms with E-state index in [1.54, 1.807) is 68.6 Å². The van der Waals surface area contributed by atoms with Gasteiger partial charge < -0.3 is 30.5 Å². The van der Waals surface area contributed by atoms with Crippen molar-refractivity contribution in [3.05, 3.63) is 77.1 Å². The summed E-state index contributed by atoms with van der Waals surface area (Å²) in [5, 5.41) is 8.01. The predicted molar refractivity (Wildman–Crippen MR) is 172 cm³/mol. The van der Waals surface area contributed by atoms with Crippen molar-refractivity contribution >= 4 is 40.6 Å². The van der Waals surface area contributed by atoms with Crippen molar-refractivity contribution in [1.29, 1.82) is 0 Å². The number of hydrogen-bond donors (Lipinski definition) is 3. The first-order valence-electron chi connectivity index (χ1n) is 13.9. The van der Waals surface area contributed by atoms with Crippen molar-refractivity contribution in [2.45, 2.75) is 19.5 Å². The van der Waals surface area contributed by atoms with Gasteiger partial charge in [0.05, 0.1) is 33.2 Å². The zero-order valence-electron chi connectivity index (χ0n) is 25.5. The molecule has 0 radical (unpaired) electrons. The molecule has 0 aliphatic rings. The average molecular weight is 643 g/mol. The van der Waals surface area contributed by atoms with E-state index in [2.05, 4.69) is 30.9 Å². The molecule has 0 aliphatic carbocycles. The van der Waals surface area contributed by atoms with Crippen molar-refractivity contribution in [2.75, 3.05) is 62.1 Å². The molecule has 0 bridgehead atoms. The molecule has 0 fully saturated rings. The van der Waals surface area contributed by atoms with Gasteiger partial charge in [-0.15, -0.1) is 0 Å². The lowest BCUT2D eigenvalue weighted by Crippen LogP contribution is -2.26. The molecule has 3 N–H and O–H groups in total. The number of ether oxygens (including phenoxy) is 1. The smallest absolute Gasteiger partial charge is 0.416 e. The molecule has 2 heterocycles. The lowest BCUT2D eigenvalue weighted by Gasteiger charge is -2.26. The van der Waals surface area contributed by atoms with Crippen LogP contribution >= 0.6 is 11.6 Å². The molecule has 0 saturated carbocycles. The molecule has 45 heavy (non-hydrogen) atoms. The van der Waals surface area contributed by atoms with Crippen molar-refractivity contribution in [3.8, 4) is 22.9 Å². The molecule has 4 rings (SSSR count). The number of urea groups is 1. The first kappa shape index (κ1) is 33.3. The third kappa shape index (κ3) is 8.73.